The number of halogens is 1. The number of anilines is 1. The quantitative estimate of drug-likeness (QED) is 0.751. The van der Waals surface area contributed by atoms with Crippen LogP contribution in [0.15, 0.2) is 71.0 Å². The third-order valence-electron chi connectivity index (χ3n) is 3.73. The molecule has 0 fully saturated rings. The summed E-state index contributed by atoms with van der Waals surface area (Å²) in [6, 6.07) is 14.6. The second-order valence-electron chi connectivity index (χ2n) is 5.54. The van der Waals surface area contributed by atoms with Crippen molar-refractivity contribution >= 4 is 33.2 Å². The summed E-state index contributed by atoms with van der Waals surface area (Å²) in [5, 5.41) is 1.14. The minimum Gasteiger partial charge on any atom is -0.304 e. The number of rotatable bonds is 5. The van der Waals surface area contributed by atoms with E-state index in [0.717, 1.165) is 17.2 Å². The van der Waals surface area contributed by atoms with Gasteiger partial charge in [0.2, 0.25) is 5.91 Å². The van der Waals surface area contributed by atoms with Crippen LogP contribution in [0.5, 0.6) is 0 Å². The molecule has 2 aromatic carbocycles. The summed E-state index contributed by atoms with van der Waals surface area (Å²) in [7, 11) is -3.30. The van der Waals surface area contributed by atoms with Crippen molar-refractivity contribution in [2.45, 2.75) is 10.9 Å². The summed E-state index contributed by atoms with van der Waals surface area (Å²) >= 11 is 1.10. The van der Waals surface area contributed by atoms with Gasteiger partial charge in [-0.2, -0.15) is 0 Å². The number of nitrogens with zero attached hydrogens (tertiary/aromatic N) is 1. The predicted octanol–water partition coefficient (Wildman–Crippen LogP) is 3.26. The van der Waals surface area contributed by atoms with Gasteiger partial charge in [0.25, 0.3) is 0 Å². The van der Waals surface area contributed by atoms with Gasteiger partial charge < -0.3 is 4.90 Å². The Morgan fingerprint density at radius 1 is 1.12 bits per heavy atom. The van der Waals surface area contributed by atoms with E-state index in [4.69, 9.17) is 0 Å². The normalized spacial score (nSPS) is 18.2. The first-order valence-corrected chi connectivity index (χ1v) is 10.3. The lowest BCUT2D eigenvalue weighted by molar-refractivity contribution is -0.116. The van der Waals surface area contributed by atoms with Crippen LogP contribution < -0.4 is 4.90 Å². The molecule has 3 rings (SSSR count). The zero-order valence-electron chi connectivity index (χ0n) is 13.2. The molecule has 7 heteroatoms. The lowest BCUT2D eigenvalue weighted by atomic mass is 10.2. The summed E-state index contributed by atoms with van der Waals surface area (Å²) < 4.78 is 37.2. The number of thioether (sulfide) groups is 1. The number of hydrogen-bond acceptors (Lipinski definition) is 4. The fraction of sp³-hybridized carbons (Fsp3) is 0.167. The van der Waals surface area contributed by atoms with Crippen LogP contribution in [0.25, 0.3) is 0 Å². The van der Waals surface area contributed by atoms with Gasteiger partial charge in [-0.15, -0.1) is 11.8 Å². The fourth-order valence-electron chi connectivity index (χ4n) is 2.60. The molecule has 0 radical (unpaired) electrons. The van der Waals surface area contributed by atoms with E-state index in [1.807, 2.05) is 6.07 Å². The fourth-order valence-corrected chi connectivity index (χ4v) is 4.67. The molecular formula is C18H16FNO3S2. The summed E-state index contributed by atoms with van der Waals surface area (Å²) in [6.45, 7) is 0. The van der Waals surface area contributed by atoms with Gasteiger partial charge in [-0.3, -0.25) is 4.79 Å². The SMILES string of the molecule is O=C(CSc1ccccc1F)N(c1ccccc1)[C@@H]1C=CS(=O)(=O)C1. The Hall–Kier alpha value is -2.12. The van der Waals surface area contributed by atoms with Crippen molar-refractivity contribution in [3.63, 3.8) is 0 Å². The smallest absolute Gasteiger partial charge is 0.237 e. The van der Waals surface area contributed by atoms with Crippen LogP contribution in [0.4, 0.5) is 10.1 Å². The van der Waals surface area contributed by atoms with Gasteiger partial charge >= 0.3 is 0 Å². The molecule has 1 atom stereocenters. The minimum atomic E-state index is -3.30. The molecule has 2 aromatic rings. The van der Waals surface area contributed by atoms with Crippen molar-refractivity contribution in [3.05, 3.63) is 71.9 Å². The van der Waals surface area contributed by atoms with Crippen molar-refractivity contribution < 1.29 is 17.6 Å². The van der Waals surface area contributed by atoms with E-state index >= 15 is 0 Å². The van der Waals surface area contributed by atoms with Crippen molar-refractivity contribution in [1.82, 2.24) is 0 Å². The standard InChI is InChI=1S/C18H16FNO3S2/c19-16-8-4-5-9-17(16)24-12-18(21)20(14-6-2-1-3-7-14)15-10-11-25(22,23)13-15/h1-11,15H,12-13H2/t15-/m1/s1. The second-order valence-corrected chi connectivity index (χ2v) is 8.49. The van der Waals surface area contributed by atoms with E-state index in [2.05, 4.69) is 0 Å². The van der Waals surface area contributed by atoms with Crippen LogP contribution in [-0.2, 0) is 14.6 Å². The van der Waals surface area contributed by atoms with Crippen LogP contribution >= 0.6 is 11.8 Å². The maximum absolute atomic E-state index is 13.7. The Balaban J connectivity index is 1.81. The highest BCUT2D eigenvalue weighted by molar-refractivity contribution is 8.00. The Bertz CT molecular complexity index is 898. The molecule has 0 bridgehead atoms. The zero-order chi connectivity index (χ0) is 17.9. The third kappa shape index (κ3) is 4.29. The van der Waals surface area contributed by atoms with Gasteiger partial charge in [0.1, 0.15) is 5.82 Å². The van der Waals surface area contributed by atoms with E-state index in [0.29, 0.717) is 10.6 Å². The van der Waals surface area contributed by atoms with Gasteiger partial charge in [-0.05, 0) is 30.3 Å². The maximum Gasteiger partial charge on any atom is 0.237 e. The van der Waals surface area contributed by atoms with Gasteiger partial charge in [0.05, 0.1) is 17.5 Å². The molecule has 25 heavy (non-hydrogen) atoms. The number of sulfone groups is 1. The van der Waals surface area contributed by atoms with E-state index in [-0.39, 0.29) is 23.2 Å². The zero-order valence-corrected chi connectivity index (χ0v) is 14.8. The van der Waals surface area contributed by atoms with Crippen molar-refractivity contribution in [2.24, 2.45) is 0 Å². The Morgan fingerprint density at radius 2 is 1.80 bits per heavy atom. The highest BCUT2D eigenvalue weighted by atomic mass is 32.2. The van der Waals surface area contributed by atoms with Crippen LogP contribution in [0.3, 0.4) is 0 Å². The molecule has 1 heterocycles. The molecule has 0 unspecified atom stereocenters. The Kier molecular flexibility index (Phi) is 5.24. The molecule has 0 spiro atoms. The molecule has 1 amide bonds. The monoisotopic (exact) mass is 377 g/mol. The Labute approximate surface area is 150 Å². The molecule has 0 aromatic heterocycles. The van der Waals surface area contributed by atoms with Gasteiger partial charge in [-0.1, -0.05) is 30.3 Å². The Morgan fingerprint density at radius 3 is 2.44 bits per heavy atom. The van der Waals surface area contributed by atoms with E-state index < -0.39 is 15.9 Å². The van der Waals surface area contributed by atoms with Crippen molar-refractivity contribution in [1.29, 1.82) is 0 Å². The summed E-state index contributed by atoms with van der Waals surface area (Å²) in [6.07, 6.45) is 1.52. The van der Waals surface area contributed by atoms with Gasteiger partial charge in [0, 0.05) is 16.0 Å². The topological polar surface area (TPSA) is 54.5 Å². The molecule has 0 saturated carbocycles. The second kappa shape index (κ2) is 7.41. The molecule has 4 nitrogen and oxygen atoms in total. The molecule has 0 N–H and O–H groups in total. The van der Waals surface area contributed by atoms with Gasteiger partial charge in [-0.25, -0.2) is 12.8 Å². The average molecular weight is 377 g/mol. The highest BCUT2D eigenvalue weighted by Gasteiger charge is 2.31. The number of hydrogen-bond donors (Lipinski definition) is 0. The van der Waals surface area contributed by atoms with Crippen LogP contribution in [0.1, 0.15) is 0 Å². The highest BCUT2D eigenvalue weighted by Crippen LogP contribution is 2.26. The summed E-state index contributed by atoms with van der Waals surface area (Å²) in [5.74, 6) is -0.779. The van der Waals surface area contributed by atoms with Crippen molar-refractivity contribution in [3.8, 4) is 0 Å². The van der Waals surface area contributed by atoms with Crippen LogP contribution in [0, 0.1) is 5.82 Å². The van der Waals surface area contributed by atoms with Crippen LogP contribution in [0.2, 0.25) is 0 Å². The number of benzene rings is 2. The molecule has 0 saturated heterocycles. The summed E-state index contributed by atoms with van der Waals surface area (Å²) in [5.41, 5.74) is 0.619. The average Bonchev–Trinajstić information content (AvgIpc) is 2.95. The third-order valence-corrected chi connectivity index (χ3v) is 6.14. The largest absolute Gasteiger partial charge is 0.304 e. The molecule has 0 aliphatic carbocycles. The molecule has 1 aliphatic heterocycles. The molecule has 1 aliphatic rings. The minimum absolute atomic E-state index is 0.0141. The lowest BCUT2D eigenvalue weighted by Crippen LogP contribution is -2.42. The van der Waals surface area contributed by atoms with Crippen molar-refractivity contribution in [2.75, 3.05) is 16.4 Å². The molecule has 130 valence electrons. The number of amides is 1. The lowest BCUT2D eigenvalue weighted by Gasteiger charge is -2.27. The number of carbonyl (C=O) groups excluding carboxylic acids is 1. The first-order chi connectivity index (χ1) is 12.0. The maximum atomic E-state index is 13.7. The number of carbonyl (C=O) groups is 1. The van der Waals surface area contributed by atoms with E-state index in [9.17, 15) is 17.6 Å². The predicted molar refractivity (Wildman–Crippen MR) is 97.8 cm³/mol. The first-order valence-electron chi connectivity index (χ1n) is 7.62. The number of para-hydroxylation sites is 1. The van der Waals surface area contributed by atoms with E-state index in [1.54, 1.807) is 42.5 Å². The van der Waals surface area contributed by atoms with E-state index in [1.165, 1.54) is 17.0 Å². The van der Waals surface area contributed by atoms with Crippen LogP contribution in [-0.4, -0.2) is 31.9 Å². The van der Waals surface area contributed by atoms with Gasteiger partial charge in [0.15, 0.2) is 9.84 Å². The molecular weight excluding hydrogens is 361 g/mol. The first kappa shape index (κ1) is 17.7. The summed E-state index contributed by atoms with van der Waals surface area (Å²) in [4.78, 5) is 14.6.